The quantitative estimate of drug-likeness (QED) is 0.0566. The lowest BCUT2D eigenvalue weighted by Gasteiger charge is -2.09. The van der Waals surface area contributed by atoms with Crippen molar-refractivity contribution in [3.63, 3.8) is 0 Å². The van der Waals surface area contributed by atoms with E-state index in [0.717, 1.165) is 6.08 Å². The maximum atomic E-state index is 11.1. The summed E-state index contributed by atoms with van der Waals surface area (Å²) >= 11 is 0. The molecule has 0 heterocycles. The van der Waals surface area contributed by atoms with Gasteiger partial charge in [-0.1, -0.05) is 6.58 Å². The van der Waals surface area contributed by atoms with Crippen molar-refractivity contribution in [2.24, 2.45) is 0 Å². The van der Waals surface area contributed by atoms with E-state index in [-0.39, 0.29) is 19.0 Å². The minimum Gasteiger partial charge on any atom is -0.466 e. The van der Waals surface area contributed by atoms with Gasteiger partial charge in [0.15, 0.2) is 0 Å². The Labute approximate surface area is 250 Å². The molecule has 0 aliphatic rings. The lowest BCUT2D eigenvalue weighted by Crippen LogP contribution is -2.15. The molecule has 0 saturated carbocycles. The highest BCUT2D eigenvalue weighted by molar-refractivity contribution is 5.81. The number of carbonyl (C=O) groups excluding carboxylic acids is 2. The molecule has 0 aromatic heterocycles. The first-order valence-electron chi connectivity index (χ1n) is 14.4. The molecule has 14 nitrogen and oxygen atoms in total. The lowest BCUT2D eigenvalue weighted by molar-refractivity contribution is -0.144. The molecule has 0 aliphatic heterocycles. The second kappa shape index (κ2) is 35.5. The van der Waals surface area contributed by atoms with Crippen LogP contribution in [-0.2, 0) is 66.4 Å². The second-order valence-electron chi connectivity index (χ2n) is 8.05. The van der Waals surface area contributed by atoms with Crippen LogP contribution in [-0.4, -0.2) is 157 Å². The van der Waals surface area contributed by atoms with Crippen molar-refractivity contribution in [2.75, 3.05) is 145 Å². The van der Waals surface area contributed by atoms with Gasteiger partial charge in [-0.15, -0.1) is 0 Å². The Morgan fingerprint density at radius 1 is 0.429 bits per heavy atom. The Morgan fingerprint density at radius 2 is 0.690 bits per heavy atom. The third-order valence-corrected chi connectivity index (χ3v) is 4.74. The zero-order valence-electron chi connectivity index (χ0n) is 25.3. The first-order valence-corrected chi connectivity index (χ1v) is 14.4. The number of carbonyl (C=O) groups is 2. The highest BCUT2D eigenvalue weighted by Gasteiger charge is 2.01. The first kappa shape index (κ1) is 40.3. The molecular formula is C28H52O14. The van der Waals surface area contributed by atoms with Crippen molar-refractivity contribution < 1.29 is 66.4 Å². The smallest absolute Gasteiger partial charge is 0.330 e. The number of hydrogen-bond donors (Lipinski definition) is 0. The fourth-order valence-corrected chi connectivity index (χ4v) is 2.73. The largest absolute Gasteiger partial charge is 0.466 e. The van der Waals surface area contributed by atoms with Crippen molar-refractivity contribution in [1.82, 2.24) is 0 Å². The topological polar surface area (TPSA) is 145 Å². The SMILES string of the molecule is C=CC(=O)OCCOCCOCCOCCOCCOCCOCCOCCOCCOCCOCCC(=O)OCC. The van der Waals surface area contributed by atoms with E-state index in [1.165, 1.54) is 0 Å². The third kappa shape index (κ3) is 34.5. The molecule has 0 amide bonds. The molecule has 14 heteroatoms. The monoisotopic (exact) mass is 612 g/mol. The van der Waals surface area contributed by atoms with Crippen LogP contribution in [0.1, 0.15) is 13.3 Å². The molecule has 248 valence electrons. The average Bonchev–Trinajstić information content (AvgIpc) is 2.99. The Morgan fingerprint density at radius 3 is 0.952 bits per heavy atom. The maximum absolute atomic E-state index is 11.1. The summed E-state index contributed by atoms with van der Waals surface area (Å²) in [4.78, 5) is 22.0. The minimum absolute atomic E-state index is 0.195. The van der Waals surface area contributed by atoms with Crippen molar-refractivity contribution in [3.05, 3.63) is 12.7 Å². The van der Waals surface area contributed by atoms with Crippen LogP contribution in [0.5, 0.6) is 0 Å². The first-order chi connectivity index (χ1) is 20.7. The van der Waals surface area contributed by atoms with Gasteiger partial charge in [0, 0.05) is 6.08 Å². The van der Waals surface area contributed by atoms with Gasteiger partial charge in [-0.05, 0) is 6.92 Å². The van der Waals surface area contributed by atoms with Gasteiger partial charge in [0.1, 0.15) is 6.61 Å². The van der Waals surface area contributed by atoms with Crippen LogP contribution < -0.4 is 0 Å². The number of rotatable bonds is 35. The van der Waals surface area contributed by atoms with Crippen LogP contribution in [0.2, 0.25) is 0 Å². The predicted molar refractivity (Wildman–Crippen MR) is 151 cm³/mol. The Bertz CT molecular complexity index is 593. The van der Waals surface area contributed by atoms with E-state index in [2.05, 4.69) is 6.58 Å². The van der Waals surface area contributed by atoms with Crippen molar-refractivity contribution in [3.8, 4) is 0 Å². The number of esters is 2. The normalized spacial score (nSPS) is 11.1. The van der Waals surface area contributed by atoms with Crippen molar-refractivity contribution in [1.29, 1.82) is 0 Å². The standard InChI is InChI=1S/C28H52O14/c1-3-27(29)42-26-25-40-24-23-39-22-21-38-20-19-37-18-17-36-16-15-35-14-13-34-12-11-33-10-9-32-8-7-31-6-5-28(30)41-4-2/h3H,1,4-26H2,2H3. The van der Waals surface area contributed by atoms with Gasteiger partial charge in [0.05, 0.1) is 145 Å². The summed E-state index contributed by atoms with van der Waals surface area (Å²) in [5.41, 5.74) is 0. The van der Waals surface area contributed by atoms with Gasteiger partial charge >= 0.3 is 11.9 Å². The van der Waals surface area contributed by atoms with Gasteiger partial charge < -0.3 is 56.8 Å². The number of ether oxygens (including phenoxy) is 12. The molecule has 0 spiro atoms. The van der Waals surface area contributed by atoms with Gasteiger partial charge in [0.25, 0.3) is 0 Å². The molecule has 0 atom stereocenters. The lowest BCUT2D eigenvalue weighted by atomic mass is 10.5. The molecule has 0 radical (unpaired) electrons. The van der Waals surface area contributed by atoms with Crippen molar-refractivity contribution >= 4 is 11.9 Å². The van der Waals surface area contributed by atoms with Crippen LogP contribution in [0, 0.1) is 0 Å². The molecule has 42 heavy (non-hydrogen) atoms. The fraction of sp³-hybridized carbons (Fsp3) is 0.857. The Balaban J connectivity index is 3.07. The van der Waals surface area contributed by atoms with E-state index in [4.69, 9.17) is 56.8 Å². The van der Waals surface area contributed by atoms with Crippen LogP contribution in [0.4, 0.5) is 0 Å². The summed E-state index contributed by atoms with van der Waals surface area (Å²) in [5.74, 6) is -0.717. The molecule has 0 rings (SSSR count). The number of hydrogen-bond acceptors (Lipinski definition) is 14. The van der Waals surface area contributed by atoms with Crippen LogP contribution >= 0.6 is 0 Å². The van der Waals surface area contributed by atoms with E-state index >= 15 is 0 Å². The predicted octanol–water partition coefficient (Wildman–Crippen LogP) is 0.835. The van der Waals surface area contributed by atoms with Crippen LogP contribution in [0.15, 0.2) is 12.7 Å². The summed E-state index contributed by atoms with van der Waals surface area (Å²) in [6.07, 6.45) is 1.36. The third-order valence-electron chi connectivity index (χ3n) is 4.74. The average molecular weight is 613 g/mol. The molecule has 0 aliphatic carbocycles. The van der Waals surface area contributed by atoms with Crippen LogP contribution in [0.25, 0.3) is 0 Å². The fourth-order valence-electron chi connectivity index (χ4n) is 2.73. The van der Waals surface area contributed by atoms with E-state index in [0.29, 0.717) is 139 Å². The molecule has 0 fully saturated rings. The van der Waals surface area contributed by atoms with E-state index in [1.807, 2.05) is 0 Å². The van der Waals surface area contributed by atoms with Crippen molar-refractivity contribution in [2.45, 2.75) is 13.3 Å². The molecular weight excluding hydrogens is 560 g/mol. The summed E-state index contributed by atoms with van der Waals surface area (Å²) in [5, 5.41) is 0. The molecule has 0 aromatic carbocycles. The van der Waals surface area contributed by atoms with Gasteiger partial charge in [-0.25, -0.2) is 4.79 Å². The van der Waals surface area contributed by atoms with E-state index < -0.39 is 5.97 Å². The van der Waals surface area contributed by atoms with Gasteiger partial charge in [-0.2, -0.15) is 0 Å². The maximum Gasteiger partial charge on any atom is 0.330 e. The van der Waals surface area contributed by atoms with Gasteiger partial charge in [0.2, 0.25) is 0 Å². The second-order valence-corrected chi connectivity index (χ2v) is 8.05. The summed E-state index contributed by atoms with van der Waals surface area (Å²) in [6.45, 7) is 14.8. The molecule has 0 unspecified atom stereocenters. The summed E-state index contributed by atoms with van der Waals surface area (Å²) in [7, 11) is 0. The van der Waals surface area contributed by atoms with E-state index in [1.54, 1.807) is 6.92 Å². The zero-order valence-corrected chi connectivity index (χ0v) is 25.3. The molecule has 0 bridgehead atoms. The molecule has 0 saturated heterocycles. The Hall–Kier alpha value is -1.72. The minimum atomic E-state index is -0.462. The molecule has 0 N–H and O–H groups in total. The zero-order chi connectivity index (χ0) is 30.6. The highest BCUT2D eigenvalue weighted by Crippen LogP contribution is 1.90. The van der Waals surface area contributed by atoms with Crippen LogP contribution in [0.3, 0.4) is 0 Å². The molecule has 0 aromatic rings. The Kier molecular flexibility index (Phi) is 34.0. The van der Waals surface area contributed by atoms with E-state index in [9.17, 15) is 9.59 Å². The highest BCUT2D eigenvalue weighted by atomic mass is 16.6. The summed E-state index contributed by atoms with van der Waals surface area (Å²) in [6, 6.07) is 0. The van der Waals surface area contributed by atoms with Gasteiger partial charge in [-0.3, -0.25) is 4.79 Å². The summed E-state index contributed by atoms with van der Waals surface area (Å²) < 4.78 is 63.5.